The Balaban J connectivity index is 2.10. The number of hydrogen-bond acceptors (Lipinski definition) is 3. The molecule has 0 aliphatic carbocycles. The second kappa shape index (κ2) is 4.27. The van der Waals surface area contributed by atoms with Crippen molar-refractivity contribution >= 4 is 10.9 Å². The Hall–Kier alpha value is -2.73. The number of hydrogen-bond donors (Lipinski definition) is 0. The van der Waals surface area contributed by atoms with Crippen LogP contribution in [0.25, 0.3) is 22.2 Å². The molecule has 3 heteroatoms. The zero-order chi connectivity index (χ0) is 12.4. The van der Waals surface area contributed by atoms with Gasteiger partial charge in [0.2, 0.25) is 0 Å². The summed E-state index contributed by atoms with van der Waals surface area (Å²) in [6.07, 6.45) is 3.58. The Labute approximate surface area is 104 Å². The van der Waals surface area contributed by atoms with Gasteiger partial charge in [0.15, 0.2) is 0 Å². The molecule has 2 heterocycles. The van der Waals surface area contributed by atoms with E-state index in [1.807, 2.05) is 36.5 Å². The first-order valence-corrected chi connectivity index (χ1v) is 5.58. The fourth-order valence-corrected chi connectivity index (χ4v) is 1.84. The summed E-state index contributed by atoms with van der Waals surface area (Å²) in [7, 11) is 0. The predicted molar refractivity (Wildman–Crippen MR) is 69.7 cm³/mol. The van der Waals surface area contributed by atoms with Crippen molar-refractivity contribution < 1.29 is 0 Å². The molecule has 0 radical (unpaired) electrons. The predicted octanol–water partition coefficient (Wildman–Crippen LogP) is 3.17. The first-order chi connectivity index (χ1) is 8.86. The van der Waals surface area contributed by atoms with Gasteiger partial charge in [0, 0.05) is 23.3 Å². The van der Waals surface area contributed by atoms with Crippen LogP contribution in [0, 0.1) is 11.3 Å². The van der Waals surface area contributed by atoms with Crippen LogP contribution in [0.2, 0.25) is 0 Å². The molecule has 3 aromatic rings. The number of nitrogens with zero attached hydrogens (tertiary/aromatic N) is 3. The van der Waals surface area contributed by atoms with Crippen LogP contribution in [0.3, 0.4) is 0 Å². The second-order valence-corrected chi connectivity index (χ2v) is 3.95. The van der Waals surface area contributed by atoms with E-state index in [4.69, 9.17) is 5.26 Å². The molecule has 1 aromatic carbocycles. The summed E-state index contributed by atoms with van der Waals surface area (Å²) in [6, 6.07) is 15.3. The number of benzene rings is 1. The van der Waals surface area contributed by atoms with E-state index < -0.39 is 0 Å². The lowest BCUT2D eigenvalue weighted by molar-refractivity contribution is 1.32. The lowest BCUT2D eigenvalue weighted by Crippen LogP contribution is -1.86. The molecule has 3 nitrogen and oxygen atoms in total. The van der Waals surface area contributed by atoms with Crippen molar-refractivity contribution in [2.24, 2.45) is 0 Å². The Kier molecular flexibility index (Phi) is 2.47. The maximum atomic E-state index is 8.76. The molecule has 18 heavy (non-hydrogen) atoms. The first kappa shape index (κ1) is 10.4. The van der Waals surface area contributed by atoms with Crippen molar-refractivity contribution in [3.8, 4) is 17.3 Å². The minimum Gasteiger partial charge on any atom is -0.256 e. The summed E-state index contributed by atoms with van der Waals surface area (Å²) in [4.78, 5) is 8.72. The Bertz CT molecular complexity index is 740. The minimum absolute atomic E-state index is 0.651. The zero-order valence-electron chi connectivity index (χ0n) is 9.54. The number of pyridine rings is 2. The topological polar surface area (TPSA) is 49.6 Å². The fourth-order valence-electron chi connectivity index (χ4n) is 1.84. The monoisotopic (exact) mass is 231 g/mol. The van der Waals surface area contributed by atoms with Gasteiger partial charge in [-0.25, -0.2) is 0 Å². The fraction of sp³-hybridized carbons (Fsp3) is 0. The molecule has 0 N–H and O–H groups in total. The number of fused-ring (bicyclic) bond motifs is 1. The molecular weight excluding hydrogens is 222 g/mol. The molecule has 0 unspecified atom stereocenters. The average molecular weight is 231 g/mol. The third-order valence-corrected chi connectivity index (χ3v) is 2.80. The lowest BCUT2D eigenvalue weighted by atomic mass is 10.1. The van der Waals surface area contributed by atoms with Gasteiger partial charge in [-0.3, -0.25) is 9.97 Å². The van der Waals surface area contributed by atoms with Gasteiger partial charge in [0.05, 0.1) is 22.8 Å². The summed E-state index contributed by atoms with van der Waals surface area (Å²) in [5.41, 5.74) is 3.43. The van der Waals surface area contributed by atoms with Crippen molar-refractivity contribution in [3.63, 3.8) is 0 Å². The highest BCUT2D eigenvalue weighted by Crippen LogP contribution is 2.20. The average Bonchev–Trinajstić information content (AvgIpc) is 2.47. The van der Waals surface area contributed by atoms with E-state index in [-0.39, 0.29) is 0 Å². The molecule has 0 fully saturated rings. The Morgan fingerprint density at radius 3 is 2.61 bits per heavy atom. The molecule has 0 aliphatic heterocycles. The van der Waals surface area contributed by atoms with Crippen LogP contribution in [0.1, 0.15) is 5.56 Å². The molecule has 0 saturated carbocycles. The number of aromatic nitrogens is 2. The maximum Gasteiger partial charge on any atom is 0.0991 e. The summed E-state index contributed by atoms with van der Waals surface area (Å²) >= 11 is 0. The highest BCUT2D eigenvalue weighted by atomic mass is 14.7. The van der Waals surface area contributed by atoms with Gasteiger partial charge in [-0.1, -0.05) is 12.1 Å². The first-order valence-electron chi connectivity index (χ1n) is 5.58. The molecule has 3 rings (SSSR count). The number of nitriles is 1. The smallest absolute Gasteiger partial charge is 0.0991 e. The lowest BCUT2D eigenvalue weighted by Gasteiger charge is -2.02. The third kappa shape index (κ3) is 1.80. The van der Waals surface area contributed by atoms with E-state index in [1.165, 1.54) is 0 Å². The van der Waals surface area contributed by atoms with E-state index >= 15 is 0 Å². The van der Waals surface area contributed by atoms with Crippen LogP contribution in [0.4, 0.5) is 0 Å². The molecule has 0 atom stereocenters. The van der Waals surface area contributed by atoms with Gasteiger partial charge >= 0.3 is 0 Å². The van der Waals surface area contributed by atoms with E-state index in [9.17, 15) is 0 Å². The summed E-state index contributed by atoms with van der Waals surface area (Å²) in [5.74, 6) is 0. The van der Waals surface area contributed by atoms with Crippen molar-refractivity contribution in [1.29, 1.82) is 5.26 Å². The molecule has 2 aromatic heterocycles. The molecule has 0 saturated heterocycles. The van der Waals surface area contributed by atoms with Crippen LogP contribution in [0.5, 0.6) is 0 Å². The highest BCUT2D eigenvalue weighted by Gasteiger charge is 2.01. The van der Waals surface area contributed by atoms with Crippen LogP contribution in [-0.2, 0) is 0 Å². The molecule has 84 valence electrons. The van der Waals surface area contributed by atoms with E-state index in [2.05, 4.69) is 16.0 Å². The van der Waals surface area contributed by atoms with Crippen LogP contribution in [0.15, 0.2) is 54.9 Å². The number of rotatable bonds is 1. The van der Waals surface area contributed by atoms with E-state index in [0.29, 0.717) is 5.56 Å². The van der Waals surface area contributed by atoms with E-state index in [0.717, 1.165) is 22.2 Å². The summed E-state index contributed by atoms with van der Waals surface area (Å²) < 4.78 is 0. The van der Waals surface area contributed by atoms with Crippen molar-refractivity contribution in [3.05, 3.63) is 60.4 Å². The van der Waals surface area contributed by atoms with Crippen molar-refractivity contribution in [1.82, 2.24) is 9.97 Å². The Morgan fingerprint density at radius 1 is 1.00 bits per heavy atom. The molecule has 0 bridgehead atoms. The largest absolute Gasteiger partial charge is 0.256 e. The third-order valence-electron chi connectivity index (χ3n) is 2.80. The van der Waals surface area contributed by atoms with Crippen LogP contribution < -0.4 is 0 Å². The normalized spacial score (nSPS) is 10.2. The molecular formula is C15H9N3. The van der Waals surface area contributed by atoms with E-state index in [1.54, 1.807) is 18.3 Å². The van der Waals surface area contributed by atoms with Gasteiger partial charge < -0.3 is 0 Å². The van der Waals surface area contributed by atoms with Crippen molar-refractivity contribution in [2.45, 2.75) is 0 Å². The van der Waals surface area contributed by atoms with Crippen LogP contribution >= 0.6 is 0 Å². The zero-order valence-corrected chi connectivity index (χ0v) is 9.54. The van der Waals surface area contributed by atoms with Gasteiger partial charge in [-0.2, -0.15) is 5.26 Å². The van der Waals surface area contributed by atoms with Gasteiger partial charge in [-0.15, -0.1) is 0 Å². The van der Waals surface area contributed by atoms with Gasteiger partial charge in [0.25, 0.3) is 0 Å². The van der Waals surface area contributed by atoms with Gasteiger partial charge in [0.1, 0.15) is 0 Å². The van der Waals surface area contributed by atoms with Crippen LogP contribution in [-0.4, -0.2) is 9.97 Å². The maximum absolute atomic E-state index is 8.76. The standard InChI is InChI=1S/C15H9N3/c16-9-11-3-5-12(6-4-11)14-8-15-13(10-18-14)2-1-7-17-15/h1-8,10H. The quantitative estimate of drug-likeness (QED) is 0.646. The summed E-state index contributed by atoms with van der Waals surface area (Å²) in [5, 5.41) is 9.79. The highest BCUT2D eigenvalue weighted by molar-refractivity contribution is 5.81. The molecule has 0 aliphatic rings. The van der Waals surface area contributed by atoms with Crippen molar-refractivity contribution in [2.75, 3.05) is 0 Å². The molecule has 0 amide bonds. The second-order valence-electron chi connectivity index (χ2n) is 3.95. The SMILES string of the molecule is N#Cc1ccc(-c2cc3ncccc3cn2)cc1. The molecule has 0 spiro atoms. The summed E-state index contributed by atoms with van der Waals surface area (Å²) in [6.45, 7) is 0. The van der Waals surface area contributed by atoms with Gasteiger partial charge in [-0.05, 0) is 30.3 Å². The Morgan fingerprint density at radius 2 is 1.83 bits per heavy atom. The minimum atomic E-state index is 0.651.